The number of hydrogen-bond donors (Lipinski definition) is 2. The predicted octanol–water partition coefficient (Wildman–Crippen LogP) is 2.71. The van der Waals surface area contributed by atoms with E-state index in [4.69, 9.17) is 5.73 Å². The topological polar surface area (TPSA) is 66.6 Å². The van der Waals surface area contributed by atoms with Crippen molar-refractivity contribution in [1.29, 1.82) is 0 Å². The highest BCUT2D eigenvalue weighted by atomic mass is 16.3. The van der Waals surface area contributed by atoms with Gasteiger partial charge in [-0.2, -0.15) is 0 Å². The minimum Gasteiger partial charge on any atom is -0.508 e. The van der Waals surface area contributed by atoms with Crippen molar-refractivity contribution in [2.45, 2.75) is 12.5 Å². The van der Waals surface area contributed by atoms with Crippen molar-refractivity contribution in [1.82, 2.24) is 4.90 Å². The van der Waals surface area contributed by atoms with Crippen LogP contribution in [0.15, 0.2) is 60.7 Å². The maximum Gasteiger partial charge on any atom is 0.239 e. The van der Waals surface area contributed by atoms with Crippen molar-refractivity contribution in [3.8, 4) is 5.75 Å². The van der Waals surface area contributed by atoms with E-state index in [1.165, 1.54) is 5.57 Å². The third-order valence-electron chi connectivity index (χ3n) is 4.23. The second kappa shape index (κ2) is 6.67. The monoisotopic (exact) mass is 308 g/mol. The lowest BCUT2D eigenvalue weighted by Gasteiger charge is -2.32. The van der Waals surface area contributed by atoms with Gasteiger partial charge in [0.1, 0.15) is 11.8 Å². The van der Waals surface area contributed by atoms with E-state index in [2.05, 4.69) is 11.0 Å². The van der Waals surface area contributed by atoms with Gasteiger partial charge < -0.3 is 10.8 Å². The molecule has 1 heterocycles. The van der Waals surface area contributed by atoms with Crippen LogP contribution in [0.5, 0.6) is 5.75 Å². The molecule has 23 heavy (non-hydrogen) atoms. The summed E-state index contributed by atoms with van der Waals surface area (Å²) in [4.78, 5) is 14.0. The van der Waals surface area contributed by atoms with Gasteiger partial charge in [-0.3, -0.25) is 9.69 Å². The van der Waals surface area contributed by atoms with Gasteiger partial charge in [0.2, 0.25) is 5.91 Å². The molecule has 0 spiro atoms. The number of amides is 1. The Morgan fingerprint density at radius 1 is 1.09 bits per heavy atom. The summed E-state index contributed by atoms with van der Waals surface area (Å²) in [5.74, 6) is -0.0534. The molecule has 4 nitrogen and oxygen atoms in total. The average molecular weight is 308 g/mol. The number of carbonyl (C=O) groups excluding carboxylic acids is 1. The number of phenols is 1. The molecule has 0 aliphatic carbocycles. The minimum atomic E-state index is -0.395. The smallest absolute Gasteiger partial charge is 0.239 e. The first kappa shape index (κ1) is 15.3. The first-order valence-electron chi connectivity index (χ1n) is 7.72. The van der Waals surface area contributed by atoms with Crippen LogP contribution in [0.1, 0.15) is 23.6 Å². The third-order valence-corrected chi connectivity index (χ3v) is 4.23. The van der Waals surface area contributed by atoms with E-state index in [1.54, 1.807) is 12.1 Å². The number of nitrogens with zero attached hydrogens (tertiary/aromatic N) is 1. The van der Waals surface area contributed by atoms with E-state index < -0.39 is 6.04 Å². The van der Waals surface area contributed by atoms with Crippen LogP contribution < -0.4 is 5.73 Å². The summed E-state index contributed by atoms with van der Waals surface area (Å²) in [6, 6.07) is 16.5. The highest BCUT2D eigenvalue weighted by Gasteiger charge is 2.27. The average Bonchev–Trinajstić information content (AvgIpc) is 2.57. The van der Waals surface area contributed by atoms with E-state index in [-0.39, 0.29) is 11.7 Å². The first-order chi connectivity index (χ1) is 11.1. The number of aromatic hydroxyl groups is 1. The normalized spacial score (nSPS) is 16.6. The van der Waals surface area contributed by atoms with Gasteiger partial charge in [0.25, 0.3) is 0 Å². The fourth-order valence-electron chi connectivity index (χ4n) is 3.05. The number of nitrogens with two attached hydrogens (primary N) is 1. The van der Waals surface area contributed by atoms with Crippen molar-refractivity contribution < 1.29 is 9.90 Å². The summed E-state index contributed by atoms with van der Waals surface area (Å²) in [6.45, 7) is 1.45. The number of phenolic OH excluding ortho intramolecular Hbond substituents is 1. The van der Waals surface area contributed by atoms with Gasteiger partial charge in [-0.05, 0) is 35.3 Å². The van der Waals surface area contributed by atoms with Gasteiger partial charge in [0, 0.05) is 13.1 Å². The second-order valence-electron chi connectivity index (χ2n) is 5.74. The number of hydrogen-bond acceptors (Lipinski definition) is 3. The lowest BCUT2D eigenvalue weighted by Crippen LogP contribution is -2.40. The quantitative estimate of drug-likeness (QED) is 0.912. The Kier molecular flexibility index (Phi) is 4.44. The lowest BCUT2D eigenvalue weighted by molar-refractivity contribution is -0.123. The van der Waals surface area contributed by atoms with Crippen LogP contribution in [0.25, 0.3) is 5.57 Å². The van der Waals surface area contributed by atoms with Crippen molar-refractivity contribution in [2.75, 3.05) is 13.1 Å². The molecule has 0 aromatic heterocycles. The highest BCUT2D eigenvalue weighted by Crippen LogP contribution is 2.28. The highest BCUT2D eigenvalue weighted by molar-refractivity contribution is 5.81. The van der Waals surface area contributed by atoms with Crippen LogP contribution in [0.4, 0.5) is 0 Å². The molecular weight excluding hydrogens is 288 g/mol. The van der Waals surface area contributed by atoms with Crippen LogP contribution in [0.2, 0.25) is 0 Å². The number of rotatable bonds is 4. The van der Waals surface area contributed by atoms with E-state index >= 15 is 0 Å². The molecule has 118 valence electrons. The zero-order chi connectivity index (χ0) is 16.2. The predicted molar refractivity (Wildman–Crippen MR) is 90.7 cm³/mol. The van der Waals surface area contributed by atoms with E-state index in [0.717, 1.165) is 24.1 Å². The van der Waals surface area contributed by atoms with Crippen LogP contribution in [-0.4, -0.2) is 29.0 Å². The van der Waals surface area contributed by atoms with Gasteiger partial charge in [-0.25, -0.2) is 0 Å². The first-order valence-corrected chi connectivity index (χ1v) is 7.72. The summed E-state index contributed by atoms with van der Waals surface area (Å²) in [5, 5.41) is 9.38. The standard InChI is InChI=1S/C19H20N2O2/c20-19(23)18(16-4-2-1-3-5-16)21-12-10-15(11-13-21)14-6-8-17(22)9-7-14/h1-10,18,22H,11-13H2,(H2,20,23)/t18-/m1/s1. The molecule has 0 saturated carbocycles. The lowest BCUT2D eigenvalue weighted by atomic mass is 9.96. The Hall–Kier alpha value is -2.59. The molecular formula is C19H20N2O2. The molecule has 1 amide bonds. The molecule has 3 N–H and O–H groups in total. The van der Waals surface area contributed by atoms with Crippen LogP contribution >= 0.6 is 0 Å². The van der Waals surface area contributed by atoms with Crippen LogP contribution in [0.3, 0.4) is 0 Å². The van der Waals surface area contributed by atoms with Crippen molar-refractivity contribution >= 4 is 11.5 Å². The summed E-state index contributed by atoms with van der Waals surface area (Å²) < 4.78 is 0. The molecule has 1 aliphatic heterocycles. The fourth-order valence-corrected chi connectivity index (χ4v) is 3.05. The van der Waals surface area contributed by atoms with Gasteiger partial charge >= 0.3 is 0 Å². The summed E-state index contributed by atoms with van der Waals surface area (Å²) in [7, 11) is 0. The maximum absolute atomic E-state index is 11.9. The van der Waals surface area contributed by atoms with Gasteiger partial charge in [-0.15, -0.1) is 0 Å². The molecule has 2 aromatic rings. The summed E-state index contributed by atoms with van der Waals surface area (Å²) >= 11 is 0. The summed E-state index contributed by atoms with van der Waals surface area (Å²) in [5.41, 5.74) is 8.91. The van der Waals surface area contributed by atoms with Crippen molar-refractivity contribution in [3.05, 3.63) is 71.8 Å². The Labute approximate surface area is 135 Å². The van der Waals surface area contributed by atoms with E-state index in [9.17, 15) is 9.90 Å². The van der Waals surface area contributed by atoms with Crippen LogP contribution in [0, 0.1) is 0 Å². The largest absolute Gasteiger partial charge is 0.508 e. The van der Waals surface area contributed by atoms with Crippen LogP contribution in [-0.2, 0) is 4.79 Å². The second-order valence-corrected chi connectivity index (χ2v) is 5.74. The van der Waals surface area contributed by atoms with E-state index in [1.807, 2.05) is 42.5 Å². The molecule has 1 aliphatic rings. The minimum absolute atomic E-state index is 0.268. The zero-order valence-electron chi connectivity index (χ0n) is 12.9. The molecule has 0 fully saturated rings. The molecule has 1 atom stereocenters. The van der Waals surface area contributed by atoms with Crippen molar-refractivity contribution in [2.24, 2.45) is 5.73 Å². The fraction of sp³-hybridized carbons (Fsp3) is 0.211. The van der Waals surface area contributed by atoms with Crippen molar-refractivity contribution in [3.63, 3.8) is 0 Å². The Balaban J connectivity index is 1.78. The van der Waals surface area contributed by atoms with Gasteiger partial charge in [-0.1, -0.05) is 48.5 Å². The Morgan fingerprint density at radius 3 is 2.35 bits per heavy atom. The third kappa shape index (κ3) is 3.43. The maximum atomic E-state index is 11.9. The molecule has 2 aromatic carbocycles. The zero-order valence-corrected chi connectivity index (χ0v) is 12.9. The Morgan fingerprint density at radius 2 is 1.78 bits per heavy atom. The molecule has 0 unspecified atom stereocenters. The van der Waals surface area contributed by atoms with Gasteiger partial charge in [0.05, 0.1) is 0 Å². The SMILES string of the molecule is NC(=O)[C@@H](c1ccccc1)N1CC=C(c2ccc(O)cc2)CC1. The van der Waals surface area contributed by atoms with E-state index in [0.29, 0.717) is 6.54 Å². The number of primary amides is 1. The number of carbonyl (C=O) groups is 1. The Bertz CT molecular complexity index is 708. The van der Waals surface area contributed by atoms with Gasteiger partial charge in [0.15, 0.2) is 0 Å². The molecule has 0 bridgehead atoms. The molecule has 4 heteroatoms. The molecule has 0 radical (unpaired) electrons. The molecule has 0 saturated heterocycles. The molecule has 3 rings (SSSR count). The summed E-state index contributed by atoms with van der Waals surface area (Å²) in [6.07, 6.45) is 2.98. The number of benzene rings is 2.